The topological polar surface area (TPSA) is 60.2 Å². The van der Waals surface area contributed by atoms with Gasteiger partial charge in [0.15, 0.2) is 0 Å². The van der Waals surface area contributed by atoms with Crippen molar-refractivity contribution in [2.24, 2.45) is 0 Å². The lowest BCUT2D eigenvalue weighted by Crippen LogP contribution is -2.50. The Morgan fingerprint density at radius 2 is 1.96 bits per heavy atom. The van der Waals surface area contributed by atoms with Crippen LogP contribution in [0.15, 0.2) is 16.5 Å². The van der Waals surface area contributed by atoms with E-state index in [0.29, 0.717) is 19.1 Å². The van der Waals surface area contributed by atoms with Gasteiger partial charge in [-0.2, -0.15) is 0 Å². The van der Waals surface area contributed by atoms with E-state index in [-0.39, 0.29) is 12.5 Å². The average molecular weight is 321 g/mol. The molecule has 1 aliphatic carbocycles. The number of nitrogens with zero attached hydrogens (tertiary/aromatic N) is 3. The van der Waals surface area contributed by atoms with Crippen molar-refractivity contribution in [1.29, 1.82) is 0 Å². The van der Waals surface area contributed by atoms with Crippen molar-refractivity contribution in [1.82, 2.24) is 14.7 Å². The molecule has 6 heteroatoms. The van der Waals surface area contributed by atoms with Gasteiger partial charge < -0.3 is 14.4 Å². The van der Waals surface area contributed by atoms with Gasteiger partial charge in [-0.25, -0.2) is 0 Å². The Morgan fingerprint density at radius 3 is 2.52 bits per heavy atom. The number of carbonyl (C=O) groups excluding carboxylic acids is 1. The molecular weight excluding hydrogens is 294 g/mol. The van der Waals surface area contributed by atoms with Gasteiger partial charge in [0.25, 0.3) is 0 Å². The summed E-state index contributed by atoms with van der Waals surface area (Å²) in [7, 11) is 0. The summed E-state index contributed by atoms with van der Waals surface area (Å²) < 4.78 is 5.64. The van der Waals surface area contributed by atoms with Crippen LogP contribution in [0.25, 0.3) is 0 Å². The lowest BCUT2D eigenvalue weighted by molar-refractivity contribution is -0.134. The maximum Gasteiger partial charge on any atom is 0.237 e. The Morgan fingerprint density at radius 1 is 1.26 bits per heavy atom. The Balaban J connectivity index is 1.51. The molecule has 1 N–H and O–H groups in total. The number of rotatable bonds is 7. The van der Waals surface area contributed by atoms with Crippen LogP contribution in [-0.2, 0) is 11.3 Å². The van der Waals surface area contributed by atoms with Gasteiger partial charge in [0.1, 0.15) is 11.5 Å². The van der Waals surface area contributed by atoms with Crippen molar-refractivity contribution in [3.05, 3.63) is 23.7 Å². The molecule has 1 saturated heterocycles. The van der Waals surface area contributed by atoms with Gasteiger partial charge in [0, 0.05) is 38.8 Å². The van der Waals surface area contributed by atoms with Crippen LogP contribution in [0, 0.1) is 6.92 Å². The molecule has 0 spiro atoms. The number of aliphatic hydroxyl groups is 1. The number of furan rings is 1. The van der Waals surface area contributed by atoms with Crippen LogP contribution >= 0.6 is 0 Å². The summed E-state index contributed by atoms with van der Waals surface area (Å²) in [6, 6.07) is 4.31. The van der Waals surface area contributed by atoms with Crippen LogP contribution in [0.3, 0.4) is 0 Å². The molecule has 1 aliphatic heterocycles. The minimum absolute atomic E-state index is 0.205. The van der Waals surface area contributed by atoms with E-state index in [9.17, 15) is 4.79 Å². The van der Waals surface area contributed by atoms with Gasteiger partial charge in [0.05, 0.1) is 19.7 Å². The number of hydrogen-bond donors (Lipinski definition) is 1. The molecule has 2 aliphatic rings. The quantitative estimate of drug-likeness (QED) is 0.801. The van der Waals surface area contributed by atoms with Gasteiger partial charge in [0.2, 0.25) is 5.91 Å². The molecule has 128 valence electrons. The highest BCUT2D eigenvalue weighted by atomic mass is 16.3. The summed E-state index contributed by atoms with van der Waals surface area (Å²) in [6.07, 6.45) is 2.21. The molecule has 1 aromatic heterocycles. The van der Waals surface area contributed by atoms with Crippen molar-refractivity contribution >= 4 is 5.91 Å². The van der Waals surface area contributed by atoms with E-state index in [2.05, 4.69) is 9.80 Å². The SMILES string of the molecule is Cc1ccc(CN(C(=O)CN2CCN(CCO)CC2)C2CC2)o1. The third kappa shape index (κ3) is 4.56. The molecule has 0 atom stereocenters. The maximum absolute atomic E-state index is 12.7. The van der Waals surface area contributed by atoms with Crippen LogP contribution in [0.5, 0.6) is 0 Å². The molecule has 1 saturated carbocycles. The van der Waals surface area contributed by atoms with Crippen LogP contribution in [0.1, 0.15) is 24.4 Å². The van der Waals surface area contributed by atoms with E-state index >= 15 is 0 Å². The molecule has 0 aromatic carbocycles. The third-order valence-corrected chi connectivity index (χ3v) is 4.67. The smallest absolute Gasteiger partial charge is 0.237 e. The largest absolute Gasteiger partial charge is 0.464 e. The standard InChI is InChI=1S/C17H27N3O3/c1-14-2-5-16(23-14)12-20(15-3-4-15)17(22)13-19-8-6-18(7-9-19)10-11-21/h2,5,15,21H,3-4,6-13H2,1H3. The van der Waals surface area contributed by atoms with E-state index in [0.717, 1.165) is 57.1 Å². The van der Waals surface area contributed by atoms with Gasteiger partial charge in [-0.1, -0.05) is 0 Å². The normalized spacial score (nSPS) is 19.9. The summed E-state index contributed by atoms with van der Waals surface area (Å²) >= 11 is 0. The minimum atomic E-state index is 0.205. The Bertz CT molecular complexity index is 519. The van der Waals surface area contributed by atoms with Crippen LogP contribution in [0.4, 0.5) is 0 Å². The highest BCUT2D eigenvalue weighted by molar-refractivity contribution is 5.79. The molecule has 1 amide bonds. The maximum atomic E-state index is 12.7. The Labute approximate surface area is 137 Å². The van der Waals surface area contributed by atoms with Crippen LogP contribution in [0.2, 0.25) is 0 Å². The number of aryl methyl sites for hydroxylation is 1. The second kappa shape index (κ2) is 7.47. The van der Waals surface area contributed by atoms with E-state index in [1.165, 1.54) is 0 Å². The molecule has 1 aromatic rings. The van der Waals surface area contributed by atoms with Gasteiger partial charge >= 0.3 is 0 Å². The second-order valence-corrected chi connectivity index (χ2v) is 6.61. The van der Waals surface area contributed by atoms with Crippen molar-refractivity contribution in [3.8, 4) is 0 Å². The second-order valence-electron chi connectivity index (χ2n) is 6.61. The molecular formula is C17H27N3O3. The minimum Gasteiger partial charge on any atom is -0.464 e. The Hall–Kier alpha value is -1.37. The molecule has 23 heavy (non-hydrogen) atoms. The Kier molecular flexibility index (Phi) is 5.35. The molecule has 0 radical (unpaired) electrons. The first kappa shape index (κ1) is 16.5. The van der Waals surface area contributed by atoms with Crippen LogP contribution in [-0.4, -0.2) is 77.6 Å². The lowest BCUT2D eigenvalue weighted by Gasteiger charge is -2.35. The first-order chi connectivity index (χ1) is 11.2. The summed E-state index contributed by atoms with van der Waals surface area (Å²) in [4.78, 5) is 19.1. The fourth-order valence-electron chi connectivity index (χ4n) is 3.14. The summed E-state index contributed by atoms with van der Waals surface area (Å²) in [5.41, 5.74) is 0. The summed E-state index contributed by atoms with van der Waals surface area (Å²) in [5, 5.41) is 8.99. The predicted molar refractivity (Wildman–Crippen MR) is 87.0 cm³/mol. The van der Waals surface area contributed by atoms with E-state index in [1.807, 2.05) is 24.0 Å². The lowest BCUT2D eigenvalue weighted by atomic mass is 10.3. The van der Waals surface area contributed by atoms with E-state index < -0.39 is 0 Å². The number of hydrogen-bond acceptors (Lipinski definition) is 5. The van der Waals surface area contributed by atoms with Gasteiger partial charge in [-0.3, -0.25) is 14.6 Å². The monoisotopic (exact) mass is 321 g/mol. The number of aliphatic hydroxyl groups excluding tert-OH is 1. The van der Waals surface area contributed by atoms with E-state index in [4.69, 9.17) is 9.52 Å². The number of β-amino-alcohol motifs (C(OH)–C–C–N with tert-alkyl or cyclic N) is 1. The molecule has 0 bridgehead atoms. The highest BCUT2D eigenvalue weighted by Gasteiger charge is 2.34. The number of piperazine rings is 1. The van der Waals surface area contributed by atoms with Crippen molar-refractivity contribution in [2.75, 3.05) is 45.9 Å². The number of amides is 1. The first-order valence-corrected chi connectivity index (χ1v) is 8.56. The molecule has 0 unspecified atom stereocenters. The molecule has 2 heterocycles. The first-order valence-electron chi connectivity index (χ1n) is 8.56. The van der Waals surface area contributed by atoms with Gasteiger partial charge in [-0.05, 0) is 31.9 Å². The predicted octanol–water partition coefficient (Wildman–Crippen LogP) is 0.689. The van der Waals surface area contributed by atoms with Crippen molar-refractivity contribution < 1.29 is 14.3 Å². The molecule has 2 fully saturated rings. The fourth-order valence-corrected chi connectivity index (χ4v) is 3.14. The molecule has 6 nitrogen and oxygen atoms in total. The fraction of sp³-hybridized carbons (Fsp3) is 0.706. The third-order valence-electron chi connectivity index (χ3n) is 4.67. The summed E-state index contributed by atoms with van der Waals surface area (Å²) in [6.45, 7) is 7.58. The zero-order valence-corrected chi connectivity index (χ0v) is 13.9. The van der Waals surface area contributed by atoms with Crippen molar-refractivity contribution in [3.63, 3.8) is 0 Å². The highest BCUT2D eigenvalue weighted by Crippen LogP contribution is 2.29. The van der Waals surface area contributed by atoms with Crippen molar-refractivity contribution in [2.45, 2.75) is 32.4 Å². The average Bonchev–Trinajstić information content (AvgIpc) is 3.29. The van der Waals surface area contributed by atoms with E-state index in [1.54, 1.807) is 0 Å². The summed E-state index contributed by atoms with van der Waals surface area (Å²) in [5.74, 6) is 1.97. The van der Waals surface area contributed by atoms with Gasteiger partial charge in [-0.15, -0.1) is 0 Å². The molecule has 3 rings (SSSR count). The number of carbonyl (C=O) groups is 1. The van der Waals surface area contributed by atoms with Crippen LogP contribution < -0.4 is 0 Å². The zero-order chi connectivity index (χ0) is 16.2. The zero-order valence-electron chi connectivity index (χ0n) is 13.9.